The Hall–Kier alpha value is -0.610. The number of nitrogens with one attached hydrogen (secondary N) is 1. The molecule has 1 unspecified atom stereocenters. The monoisotopic (exact) mass is 225 g/mol. The van der Waals surface area contributed by atoms with Gasteiger partial charge in [-0.05, 0) is 25.8 Å². The van der Waals surface area contributed by atoms with Crippen LogP contribution in [-0.4, -0.2) is 31.2 Å². The lowest BCUT2D eigenvalue weighted by Crippen LogP contribution is -2.36. The first-order valence-corrected chi connectivity index (χ1v) is 6.58. The number of hydrogen-bond donors (Lipinski definition) is 1. The maximum Gasteiger partial charge on any atom is 0.184 e. The van der Waals surface area contributed by atoms with Crippen LogP contribution in [0.1, 0.15) is 25.7 Å². The molecule has 0 aliphatic carbocycles. The summed E-state index contributed by atoms with van der Waals surface area (Å²) in [5.74, 6) is 0. The second-order valence-corrected chi connectivity index (χ2v) is 5.04. The molecule has 1 N–H and O–H groups in total. The second kappa shape index (κ2) is 5.47. The molecule has 0 bridgehead atoms. The Labute approximate surface area is 95.5 Å². The van der Waals surface area contributed by atoms with E-state index in [1.807, 2.05) is 11.6 Å². The number of aromatic nitrogens is 1. The molecule has 4 heteroatoms. The van der Waals surface area contributed by atoms with Crippen LogP contribution in [0, 0.1) is 0 Å². The van der Waals surface area contributed by atoms with Crippen molar-refractivity contribution in [2.24, 2.45) is 0 Å². The third-order valence-corrected chi connectivity index (χ3v) is 3.86. The number of anilines is 1. The van der Waals surface area contributed by atoms with Gasteiger partial charge in [-0.1, -0.05) is 6.42 Å². The highest BCUT2D eigenvalue weighted by Gasteiger charge is 2.13. The lowest BCUT2D eigenvalue weighted by atomic mass is 10.0. The van der Waals surface area contributed by atoms with Crippen LogP contribution < -0.4 is 10.2 Å². The SMILES string of the molecule is CN(CCC1CCCCN1)c1nccs1. The first kappa shape index (κ1) is 10.9. The molecular formula is C11H19N3S. The fourth-order valence-electron chi connectivity index (χ4n) is 2.02. The molecule has 84 valence electrons. The molecule has 0 spiro atoms. The standard InChI is InChI=1S/C11H19N3S/c1-14(11-13-7-9-15-11)8-5-10-4-2-3-6-12-10/h7,9-10,12H,2-6,8H2,1H3. The van der Waals surface area contributed by atoms with Gasteiger partial charge >= 0.3 is 0 Å². The van der Waals surface area contributed by atoms with E-state index >= 15 is 0 Å². The summed E-state index contributed by atoms with van der Waals surface area (Å²) in [7, 11) is 2.13. The maximum absolute atomic E-state index is 4.30. The van der Waals surface area contributed by atoms with Crippen molar-refractivity contribution in [3.8, 4) is 0 Å². The van der Waals surface area contributed by atoms with Gasteiger partial charge in [0.15, 0.2) is 5.13 Å². The molecule has 1 aromatic rings. The summed E-state index contributed by atoms with van der Waals surface area (Å²) in [6, 6.07) is 0.723. The van der Waals surface area contributed by atoms with Gasteiger partial charge in [0.05, 0.1) is 0 Å². The van der Waals surface area contributed by atoms with Crippen LogP contribution in [0.15, 0.2) is 11.6 Å². The molecule has 2 rings (SSSR count). The summed E-state index contributed by atoms with van der Waals surface area (Å²) in [5.41, 5.74) is 0. The Balaban J connectivity index is 1.73. The predicted octanol–water partition coefficient (Wildman–Crippen LogP) is 2.11. The molecule has 3 nitrogen and oxygen atoms in total. The van der Waals surface area contributed by atoms with E-state index in [0.717, 1.165) is 17.7 Å². The lowest BCUT2D eigenvalue weighted by Gasteiger charge is -2.25. The van der Waals surface area contributed by atoms with Gasteiger partial charge in [0.1, 0.15) is 0 Å². The number of hydrogen-bond acceptors (Lipinski definition) is 4. The molecule has 1 aromatic heterocycles. The summed E-state index contributed by atoms with van der Waals surface area (Å²) in [6.07, 6.45) is 7.18. The van der Waals surface area contributed by atoms with Crippen molar-refractivity contribution >= 4 is 16.5 Å². The van der Waals surface area contributed by atoms with Crippen LogP contribution in [0.5, 0.6) is 0 Å². The number of rotatable bonds is 4. The summed E-state index contributed by atoms with van der Waals surface area (Å²) in [5, 5.41) is 6.74. The zero-order valence-electron chi connectivity index (χ0n) is 9.28. The maximum atomic E-state index is 4.30. The first-order valence-electron chi connectivity index (χ1n) is 5.70. The Morgan fingerprint density at radius 2 is 2.53 bits per heavy atom. The molecule has 1 fully saturated rings. The molecule has 15 heavy (non-hydrogen) atoms. The summed E-state index contributed by atoms with van der Waals surface area (Å²) < 4.78 is 0. The minimum atomic E-state index is 0.723. The van der Waals surface area contributed by atoms with Gasteiger partial charge in [0.25, 0.3) is 0 Å². The number of nitrogens with zero attached hydrogens (tertiary/aromatic N) is 2. The fraction of sp³-hybridized carbons (Fsp3) is 0.727. The summed E-state index contributed by atoms with van der Waals surface area (Å²) in [6.45, 7) is 2.30. The third kappa shape index (κ3) is 3.18. The van der Waals surface area contributed by atoms with E-state index in [0.29, 0.717) is 0 Å². The largest absolute Gasteiger partial charge is 0.351 e. The average molecular weight is 225 g/mol. The first-order chi connectivity index (χ1) is 7.36. The molecule has 0 saturated carbocycles. The summed E-state index contributed by atoms with van der Waals surface area (Å²) >= 11 is 1.71. The van der Waals surface area contributed by atoms with Gasteiger partial charge in [0, 0.05) is 31.2 Å². The van der Waals surface area contributed by atoms with Crippen LogP contribution in [0.2, 0.25) is 0 Å². The lowest BCUT2D eigenvalue weighted by molar-refractivity contribution is 0.384. The molecule has 1 aliphatic rings. The molecular weight excluding hydrogens is 206 g/mol. The molecule has 0 aromatic carbocycles. The van der Waals surface area contributed by atoms with Crippen molar-refractivity contribution in [2.75, 3.05) is 25.0 Å². The Morgan fingerprint density at radius 1 is 1.60 bits per heavy atom. The van der Waals surface area contributed by atoms with Crippen molar-refractivity contribution in [2.45, 2.75) is 31.7 Å². The van der Waals surface area contributed by atoms with E-state index in [4.69, 9.17) is 0 Å². The highest BCUT2D eigenvalue weighted by atomic mass is 32.1. The molecule has 0 amide bonds. The zero-order chi connectivity index (χ0) is 10.5. The van der Waals surface area contributed by atoms with Gasteiger partial charge in [-0.3, -0.25) is 0 Å². The molecule has 0 radical (unpaired) electrons. The molecule has 1 aliphatic heterocycles. The molecule has 1 atom stereocenters. The quantitative estimate of drug-likeness (QED) is 0.850. The highest BCUT2D eigenvalue weighted by Crippen LogP contribution is 2.17. The Morgan fingerprint density at radius 3 is 3.20 bits per heavy atom. The van der Waals surface area contributed by atoms with Gasteiger partial charge < -0.3 is 10.2 Å². The van der Waals surface area contributed by atoms with Crippen LogP contribution in [-0.2, 0) is 0 Å². The minimum Gasteiger partial charge on any atom is -0.351 e. The molecule has 2 heterocycles. The van der Waals surface area contributed by atoms with Crippen LogP contribution >= 0.6 is 11.3 Å². The topological polar surface area (TPSA) is 28.2 Å². The number of thiazole rings is 1. The van der Waals surface area contributed by atoms with Crippen molar-refractivity contribution < 1.29 is 0 Å². The van der Waals surface area contributed by atoms with Gasteiger partial charge in [-0.15, -0.1) is 11.3 Å². The Kier molecular flexibility index (Phi) is 3.97. The van der Waals surface area contributed by atoms with E-state index in [-0.39, 0.29) is 0 Å². The van der Waals surface area contributed by atoms with Crippen molar-refractivity contribution in [1.29, 1.82) is 0 Å². The van der Waals surface area contributed by atoms with Gasteiger partial charge in [-0.25, -0.2) is 4.98 Å². The normalized spacial score (nSPS) is 21.5. The van der Waals surface area contributed by atoms with Crippen LogP contribution in [0.3, 0.4) is 0 Å². The van der Waals surface area contributed by atoms with E-state index < -0.39 is 0 Å². The second-order valence-electron chi connectivity index (χ2n) is 4.17. The fourth-order valence-corrected chi connectivity index (χ4v) is 2.66. The van der Waals surface area contributed by atoms with E-state index in [1.165, 1.54) is 32.2 Å². The Bertz CT molecular complexity index is 267. The van der Waals surface area contributed by atoms with Gasteiger partial charge in [0.2, 0.25) is 0 Å². The van der Waals surface area contributed by atoms with E-state index in [9.17, 15) is 0 Å². The van der Waals surface area contributed by atoms with Crippen molar-refractivity contribution in [3.63, 3.8) is 0 Å². The minimum absolute atomic E-state index is 0.723. The highest BCUT2D eigenvalue weighted by molar-refractivity contribution is 7.13. The van der Waals surface area contributed by atoms with Gasteiger partial charge in [-0.2, -0.15) is 0 Å². The van der Waals surface area contributed by atoms with Crippen molar-refractivity contribution in [1.82, 2.24) is 10.3 Å². The summed E-state index contributed by atoms with van der Waals surface area (Å²) in [4.78, 5) is 6.55. The van der Waals surface area contributed by atoms with Crippen LogP contribution in [0.4, 0.5) is 5.13 Å². The molecule has 1 saturated heterocycles. The van der Waals surface area contributed by atoms with Crippen LogP contribution in [0.25, 0.3) is 0 Å². The van der Waals surface area contributed by atoms with E-state index in [2.05, 4.69) is 22.2 Å². The predicted molar refractivity (Wildman–Crippen MR) is 65.6 cm³/mol. The van der Waals surface area contributed by atoms with Crippen molar-refractivity contribution in [3.05, 3.63) is 11.6 Å². The van der Waals surface area contributed by atoms with E-state index in [1.54, 1.807) is 11.3 Å². The number of piperidine rings is 1. The average Bonchev–Trinajstić information content (AvgIpc) is 2.81. The smallest absolute Gasteiger partial charge is 0.184 e. The third-order valence-electron chi connectivity index (χ3n) is 2.97. The zero-order valence-corrected chi connectivity index (χ0v) is 10.1.